The van der Waals surface area contributed by atoms with Gasteiger partial charge in [0.15, 0.2) is 0 Å². The lowest BCUT2D eigenvalue weighted by Gasteiger charge is -2.20. The van der Waals surface area contributed by atoms with E-state index in [2.05, 4.69) is 5.32 Å². The predicted molar refractivity (Wildman–Crippen MR) is 113 cm³/mol. The van der Waals surface area contributed by atoms with Gasteiger partial charge >= 0.3 is 5.97 Å². The highest BCUT2D eigenvalue weighted by Crippen LogP contribution is 2.29. The standard InChI is InChI=1S/C21H18Cl2N2O4/c1-12(26)24-9-10-25-16-8-3-2-6-14(16)20(27)18(21(28)29)17(25)11-13-5-4-7-15(22)19(13)23/h2-8H,9-11H2,1H3,(H,24,26)(H,28,29). The molecule has 1 amide bonds. The molecule has 0 aliphatic rings. The Kier molecular flexibility index (Phi) is 6.25. The van der Waals surface area contributed by atoms with Crippen molar-refractivity contribution in [2.24, 2.45) is 0 Å². The zero-order valence-electron chi connectivity index (χ0n) is 15.5. The number of carbonyl (C=O) groups excluding carboxylic acids is 1. The first kappa shape index (κ1) is 20.9. The van der Waals surface area contributed by atoms with E-state index in [1.807, 2.05) is 0 Å². The fourth-order valence-electron chi connectivity index (χ4n) is 3.32. The van der Waals surface area contributed by atoms with Gasteiger partial charge in [-0.2, -0.15) is 0 Å². The molecule has 8 heteroatoms. The first-order chi connectivity index (χ1) is 13.8. The lowest BCUT2D eigenvalue weighted by molar-refractivity contribution is -0.118. The maximum absolute atomic E-state index is 12.9. The summed E-state index contributed by atoms with van der Waals surface area (Å²) in [6.07, 6.45) is 0.0984. The smallest absolute Gasteiger partial charge is 0.341 e. The number of aromatic carboxylic acids is 1. The van der Waals surface area contributed by atoms with Crippen molar-refractivity contribution in [1.29, 1.82) is 0 Å². The second-order valence-corrected chi connectivity index (χ2v) is 7.28. The maximum Gasteiger partial charge on any atom is 0.341 e. The number of pyridine rings is 1. The van der Waals surface area contributed by atoms with Gasteiger partial charge in [-0.1, -0.05) is 47.5 Å². The third kappa shape index (κ3) is 4.28. The SMILES string of the molecule is CC(=O)NCCn1c(Cc2cccc(Cl)c2Cl)c(C(=O)O)c(=O)c2ccccc21. The molecule has 1 heterocycles. The third-order valence-electron chi connectivity index (χ3n) is 4.59. The van der Waals surface area contributed by atoms with Crippen molar-refractivity contribution in [1.82, 2.24) is 9.88 Å². The molecule has 0 aliphatic heterocycles. The molecule has 0 fully saturated rings. The first-order valence-electron chi connectivity index (χ1n) is 8.86. The van der Waals surface area contributed by atoms with Gasteiger partial charge in [0.1, 0.15) is 5.56 Å². The summed E-state index contributed by atoms with van der Waals surface area (Å²) in [7, 11) is 0. The normalized spacial score (nSPS) is 10.9. The Balaban J connectivity index is 2.27. The Bertz CT molecular complexity index is 1170. The fourth-order valence-corrected chi connectivity index (χ4v) is 3.70. The maximum atomic E-state index is 12.9. The lowest BCUT2D eigenvalue weighted by atomic mass is 10.0. The zero-order valence-corrected chi connectivity index (χ0v) is 17.0. The van der Waals surface area contributed by atoms with E-state index in [1.54, 1.807) is 47.0 Å². The van der Waals surface area contributed by atoms with E-state index in [-0.39, 0.29) is 31.0 Å². The highest BCUT2D eigenvalue weighted by atomic mass is 35.5. The van der Waals surface area contributed by atoms with Crippen LogP contribution in [-0.2, 0) is 17.8 Å². The molecule has 0 radical (unpaired) electrons. The van der Waals surface area contributed by atoms with Crippen molar-refractivity contribution < 1.29 is 14.7 Å². The van der Waals surface area contributed by atoms with Crippen LogP contribution in [0.1, 0.15) is 28.5 Å². The highest BCUT2D eigenvalue weighted by Gasteiger charge is 2.23. The summed E-state index contributed by atoms with van der Waals surface area (Å²) in [6.45, 7) is 1.96. The summed E-state index contributed by atoms with van der Waals surface area (Å²) in [5.41, 5.74) is 0.612. The molecule has 0 unspecified atom stereocenters. The molecule has 1 aromatic heterocycles. The number of hydrogen-bond donors (Lipinski definition) is 2. The number of carboxylic acid groups (broad SMARTS) is 1. The summed E-state index contributed by atoms with van der Waals surface area (Å²) in [4.78, 5) is 36.3. The Labute approximate surface area is 176 Å². The number of para-hydroxylation sites is 1. The first-order valence-corrected chi connectivity index (χ1v) is 9.62. The number of hydrogen-bond acceptors (Lipinski definition) is 3. The molecule has 2 N–H and O–H groups in total. The minimum Gasteiger partial charge on any atom is -0.477 e. The second-order valence-electron chi connectivity index (χ2n) is 6.50. The van der Waals surface area contributed by atoms with Gasteiger partial charge < -0.3 is 15.0 Å². The van der Waals surface area contributed by atoms with Gasteiger partial charge in [0.05, 0.1) is 15.6 Å². The largest absolute Gasteiger partial charge is 0.477 e. The topological polar surface area (TPSA) is 88.4 Å². The zero-order chi connectivity index (χ0) is 21.1. The summed E-state index contributed by atoms with van der Waals surface area (Å²) in [5.74, 6) is -1.52. The molecule has 29 heavy (non-hydrogen) atoms. The summed E-state index contributed by atoms with van der Waals surface area (Å²) < 4.78 is 1.74. The molecule has 0 saturated carbocycles. The molecule has 0 saturated heterocycles. The molecule has 2 aromatic carbocycles. The van der Waals surface area contributed by atoms with E-state index < -0.39 is 11.4 Å². The number of amides is 1. The van der Waals surface area contributed by atoms with Gasteiger partial charge in [0.2, 0.25) is 11.3 Å². The van der Waals surface area contributed by atoms with Crippen LogP contribution in [0.2, 0.25) is 10.0 Å². The molecular weight excluding hydrogens is 415 g/mol. The van der Waals surface area contributed by atoms with E-state index in [9.17, 15) is 19.5 Å². The van der Waals surface area contributed by atoms with Crippen LogP contribution in [0.3, 0.4) is 0 Å². The molecular formula is C21H18Cl2N2O4. The van der Waals surface area contributed by atoms with E-state index in [1.165, 1.54) is 6.92 Å². The summed E-state index contributed by atoms with van der Waals surface area (Å²) >= 11 is 12.4. The average Bonchev–Trinajstić information content (AvgIpc) is 2.67. The van der Waals surface area contributed by atoms with E-state index >= 15 is 0 Å². The summed E-state index contributed by atoms with van der Waals surface area (Å²) in [6, 6.07) is 11.9. The molecule has 3 aromatic rings. The van der Waals surface area contributed by atoms with Crippen LogP contribution in [0, 0.1) is 0 Å². The van der Waals surface area contributed by atoms with Crippen molar-refractivity contribution >= 4 is 46.0 Å². The monoisotopic (exact) mass is 432 g/mol. The van der Waals surface area contributed by atoms with Crippen molar-refractivity contribution in [3.05, 3.63) is 79.6 Å². The van der Waals surface area contributed by atoms with Crippen molar-refractivity contribution in [3.63, 3.8) is 0 Å². The third-order valence-corrected chi connectivity index (χ3v) is 5.45. The van der Waals surface area contributed by atoms with Crippen LogP contribution in [0.4, 0.5) is 0 Å². The van der Waals surface area contributed by atoms with E-state index in [0.29, 0.717) is 32.2 Å². The highest BCUT2D eigenvalue weighted by molar-refractivity contribution is 6.42. The number of rotatable bonds is 6. The average molecular weight is 433 g/mol. The van der Waals surface area contributed by atoms with Crippen molar-refractivity contribution in [3.8, 4) is 0 Å². The fraction of sp³-hybridized carbons (Fsp3) is 0.190. The van der Waals surface area contributed by atoms with Crippen LogP contribution in [0.5, 0.6) is 0 Å². The molecule has 0 atom stereocenters. The van der Waals surface area contributed by atoms with Crippen LogP contribution in [-0.4, -0.2) is 28.1 Å². The van der Waals surface area contributed by atoms with Gasteiger partial charge in [0.25, 0.3) is 0 Å². The van der Waals surface area contributed by atoms with Gasteiger partial charge in [0, 0.05) is 37.5 Å². The minimum absolute atomic E-state index is 0.0984. The Morgan fingerprint density at radius 2 is 1.83 bits per heavy atom. The molecule has 150 valence electrons. The van der Waals surface area contributed by atoms with Crippen molar-refractivity contribution in [2.45, 2.75) is 19.9 Å². The minimum atomic E-state index is -1.32. The Hall–Kier alpha value is -2.83. The lowest BCUT2D eigenvalue weighted by Crippen LogP contribution is -2.29. The summed E-state index contributed by atoms with van der Waals surface area (Å²) in [5, 5.41) is 13.5. The van der Waals surface area contributed by atoms with Gasteiger partial charge in [-0.3, -0.25) is 9.59 Å². The van der Waals surface area contributed by atoms with Gasteiger partial charge in [-0.05, 0) is 23.8 Å². The number of carboxylic acids is 1. The van der Waals surface area contributed by atoms with Gasteiger partial charge in [-0.25, -0.2) is 4.79 Å². The second kappa shape index (κ2) is 8.68. The number of nitrogens with zero attached hydrogens (tertiary/aromatic N) is 1. The Morgan fingerprint density at radius 1 is 1.10 bits per heavy atom. The van der Waals surface area contributed by atoms with E-state index in [0.717, 1.165) is 0 Å². The molecule has 0 bridgehead atoms. The van der Waals surface area contributed by atoms with Crippen LogP contribution >= 0.6 is 23.2 Å². The van der Waals surface area contributed by atoms with Gasteiger partial charge in [-0.15, -0.1) is 0 Å². The van der Waals surface area contributed by atoms with Crippen LogP contribution in [0.15, 0.2) is 47.3 Å². The quantitative estimate of drug-likeness (QED) is 0.620. The number of halogens is 2. The van der Waals surface area contributed by atoms with Crippen LogP contribution < -0.4 is 10.7 Å². The predicted octanol–water partition coefficient (Wildman–Crippen LogP) is 3.73. The molecule has 6 nitrogen and oxygen atoms in total. The number of benzene rings is 2. The number of aromatic nitrogens is 1. The van der Waals surface area contributed by atoms with Crippen LogP contribution in [0.25, 0.3) is 10.9 Å². The number of fused-ring (bicyclic) bond motifs is 1. The van der Waals surface area contributed by atoms with Crippen molar-refractivity contribution in [2.75, 3.05) is 6.54 Å². The molecule has 3 rings (SSSR count). The Morgan fingerprint density at radius 3 is 2.52 bits per heavy atom. The number of nitrogens with one attached hydrogen (secondary N) is 1. The van der Waals surface area contributed by atoms with E-state index in [4.69, 9.17) is 23.2 Å². The molecule has 0 aliphatic carbocycles. The molecule has 0 spiro atoms. The number of carbonyl (C=O) groups is 2.